The van der Waals surface area contributed by atoms with Crippen LogP contribution in [0.5, 0.6) is 5.75 Å². The molecular weight excluding hydrogens is 409 g/mol. The number of carboxylic acids is 1. The molecule has 0 radical (unpaired) electrons. The number of anilines is 1. The quantitative estimate of drug-likeness (QED) is 0.658. The second-order valence-corrected chi connectivity index (χ2v) is 8.13. The van der Waals surface area contributed by atoms with Crippen molar-refractivity contribution in [3.05, 3.63) is 53.7 Å². The number of hydrogen-bond donors (Lipinski definition) is 1. The largest absolute Gasteiger partial charge is 0.493 e. The maximum Gasteiger partial charge on any atom is 0.416 e. The summed E-state index contributed by atoms with van der Waals surface area (Å²) in [7, 11) is 0. The molecule has 0 bridgehead atoms. The van der Waals surface area contributed by atoms with Gasteiger partial charge in [0.25, 0.3) is 0 Å². The van der Waals surface area contributed by atoms with Crippen molar-refractivity contribution < 1.29 is 27.8 Å². The number of hydrogen-bond acceptors (Lipinski definition) is 4. The zero-order valence-corrected chi connectivity index (χ0v) is 17.4. The van der Waals surface area contributed by atoms with E-state index in [9.17, 15) is 18.0 Å². The number of carbonyl (C=O) groups is 1. The zero-order valence-electron chi connectivity index (χ0n) is 17.4. The average Bonchev–Trinajstić information content (AvgIpc) is 3.56. The third-order valence-electron chi connectivity index (χ3n) is 5.06. The Hall–Kier alpha value is -2.77. The van der Waals surface area contributed by atoms with E-state index in [1.54, 1.807) is 17.9 Å². The molecule has 5 nitrogen and oxygen atoms in total. The summed E-state index contributed by atoms with van der Waals surface area (Å²) in [6.45, 7) is 3.24. The number of benzene rings is 1. The van der Waals surface area contributed by atoms with Gasteiger partial charge in [0, 0.05) is 25.2 Å². The van der Waals surface area contributed by atoms with E-state index in [1.165, 1.54) is 25.5 Å². The van der Waals surface area contributed by atoms with Crippen molar-refractivity contribution in [3.63, 3.8) is 0 Å². The Labute approximate surface area is 179 Å². The lowest BCUT2D eigenvalue weighted by molar-refractivity contribution is -0.141. The second-order valence-electron chi connectivity index (χ2n) is 8.13. The van der Waals surface area contributed by atoms with Gasteiger partial charge in [-0.25, -0.2) is 4.98 Å². The minimum atomic E-state index is -4.38. The first-order valence-corrected chi connectivity index (χ1v) is 10.4. The van der Waals surface area contributed by atoms with E-state index in [2.05, 4.69) is 4.98 Å². The van der Waals surface area contributed by atoms with Crippen molar-refractivity contribution in [2.24, 2.45) is 11.8 Å². The first-order chi connectivity index (χ1) is 14.7. The molecule has 2 heterocycles. The Morgan fingerprint density at radius 1 is 1.23 bits per heavy atom. The standard InChI is InChI=1S/C20H21F3N2O3.C3H6/c1-13(19(26)27)7-14-3-2-4-17(8-14)28-12-15-10-25(11-15)18-9-16(5-6-24-18)20(21,22)23;1-2-3-1/h2-6,8-9,13,15H,7,10-12H2,1H3,(H,26,27);1-3H2. The van der Waals surface area contributed by atoms with Crippen molar-refractivity contribution in [1.29, 1.82) is 0 Å². The van der Waals surface area contributed by atoms with Crippen molar-refractivity contribution in [2.45, 2.75) is 38.8 Å². The lowest BCUT2D eigenvalue weighted by atomic mass is 10.0. The summed E-state index contributed by atoms with van der Waals surface area (Å²) in [5.74, 6) is -0.154. The monoisotopic (exact) mass is 436 g/mol. The minimum Gasteiger partial charge on any atom is -0.493 e. The Bertz CT molecular complexity index is 878. The highest BCUT2D eigenvalue weighted by Gasteiger charge is 2.33. The first-order valence-electron chi connectivity index (χ1n) is 10.4. The number of ether oxygens (including phenoxy) is 1. The fourth-order valence-corrected chi connectivity index (χ4v) is 3.05. The smallest absolute Gasteiger partial charge is 0.416 e. The van der Waals surface area contributed by atoms with Gasteiger partial charge in [-0.3, -0.25) is 4.79 Å². The third-order valence-corrected chi connectivity index (χ3v) is 5.06. The molecule has 31 heavy (non-hydrogen) atoms. The van der Waals surface area contributed by atoms with Gasteiger partial charge in [0.15, 0.2) is 0 Å². The van der Waals surface area contributed by atoms with Crippen LogP contribution < -0.4 is 9.64 Å². The normalized spacial score (nSPS) is 16.6. The van der Waals surface area contributed by atoms with Crippen LogP contribution >= 0.6 is 0 Å². The molecule has 2 aromatic rings. The van der Waals surface area contributed by atoms with E-state index in [0.717, 1.165) is 17.7 Å². The molecule has 1 saturated carbocycles. The summed E-state index contributed by atoms with van der Waals surface area (Å²) < 4.78 is 44.2. The van der Waals surface area contributed by atoms with Gasteiger partial charge in [-0.1, -0.05) is 38.3 Å². The van der Waals surface area contributed by atoms with E-state index in [0.29, 0.717) is 37.7 Å². The maximum atomic E-state index is 12.8. The van der Waals surface area contributed by atoms with Gasteiger partial charge in [0.05, 0.1) is 18.1 Å². The number of carboxylic acid groups (broad SMARTS) is 1. The maximum absolute atomic E-state index is 12.8. The van der Waals surface area contributed by atoms with Gasteiger partial charge in [-0.05, 0) is 36.2 Å². The van der Waals surface area contributed by atoms with E-state index in [-0.39, 0.29) is 5.92 Å². The van der Waals surface area contributed by atoms with Gasteiger partial charge in [-0.15, -0.1) is 0 Å². The Morgan fingerprint density at radius 3 is 2.55 bits per heavy atom. The molecule has 1 aromatic carbocycles. The van der Waals surface area contributed by atoms with E-state index < -0.39 is 23.6 Å². The van der Waals surface area contributed by atoms with Gasteiger partial charge in [0.1, 0.15) is 11.6 Å². The Morgan fingerprint density at radius 2 is 1.94 bits per heavy atom. The Balaban J connectivity index is 0.000000834. The van der Waals surface area contributed by atoms with Crippen LogP contribution in [0.3, 0.4) is 0 Å². The van der Waals surface area contributed by atoms with Crippen LogP contribution in [0.4, 0.5) is 19.0 Å². The van der Waals surface area contributed by atoms with Crippen LogP contribution in [0.2, 0.25) is 0 Å². The van der Waals surface area contributed by atoms with Crippen LogP contribution in [0.15, 0.2) is 42.6 Å². The van der Waals surface area contributed by atoms with Crippen LogP contribution in [0.1, 0.15) is 37.3 Å². The number of nitrogens with zero attached hydrogens (tertiary/aromatic N) is 2. The van der Waals surface area contributed by atoms with E-state index in [4.69, 9.17) is 9.84 Å². The lowest BCUT2D eigenvalue weighted by Gasteiger charge is -2.40. The summed E-state index contributed by atoms with van der Waals surface area (Å²) in [4.78, 5) is 16.8. The van der Waals surface area contributed by atoms with E-state index in [1.807, 2.05) is 18.2 Å². The van der Waals surface area contributed by atoms with Crippen LogP contribution in [0, 0.1) is 11.8 Å². The van der Waals surface area contributed by atoms with Gasteiger partial charge < -0.3 is 14.7 Å². The number of aliphatic carboxylic acids is 1. The second kappa shape index (κ2) is 10.0. The van der Waals surface area contributed by atoms with Gasteiger partial charge in [0.2, 0.25) is 0 Å². The van der Waals surface area contributed by atoms with Crippen molar-refractivity contribution >= 4 is 11.8 Å². The molecule has 4 rings (SSSR count). The summed E-state index contributed by atoms with van der Waals surface area (Å²) >= 11 is 0. The molecule has 0 spiro atoms. The molecule has 1 saturated heterocycles. The predicted octanol–water partition coefficient (Wildman–Crippen LogP) is 5.05. The summed E-state index contributed by atoms with van der Waals surface area (Å²) in [5.41, 5.74) is 0.181. The fourth-order valence-electron chi connectivity index (χ4n) is 3.05. The average molecular weight is 436 g/mol. The minimum absolute atomic E-state index is 0.193. The SMILES string of the molecule is C1CC1.CC(Cc1cccc(OCC2CN(c3cc(C(F)(F)F)ccn3)C2)c1)C(=O)O. The topological polar surface area (TPSA) is 62.7 Å². The van der Waals surface area contributed by atoms with Crippen LogP contribution in [0.25, 0.3) is 0 Å². The predicted molar refractivity (Wildman–Crippen MR) is 111 cm³/mol. The van der Waals surface area contributed by atoms with Crippen molar-refractivity contribution in [3.8, 4) is 5.75 Å². The summed E-state index contributed by atoms with van der Waals surface area (Å²) in [6.07, 6.45) is 1.71. The molecule has 1 aliphatic carbocycles. The highest BCUT2D eigenvalue weighted by atomic mass is 19.4. The molecule has 2 fully saturated rings. The van der Waals surface area contributed by atoms with E-state index >= 15 is 0 Å². The van der Waals surface area contributed by atoms with Crippen molar-refractivity contribution in [2.75, 3.05) is 24.6 Å². The van der Waals surface area contributed by atoms with Crippen molar-refractivity contribution in [1.82, 2.24) is 4.98 Å². The number of pyridine rings is 1. The molecule has 1 aliphatic heterocycles. The molecular formula is C23H27F3N2O3. The number of aromatic nitrogens is 1. The molecule has 1 aromatic heterocycles. The van der Waals surface area contributed by atoms with Crippen LogP contribution in [-0.4, -0.2) is 35.8 Å². The van der Waals surface area contributed by atoms with Gasteiger partial charge >= 0.3 is 12.1 Å². The highest BCUT2D eigenvalue weighted by molar-refractivity contribution is 5.69. The number of alkyl halides is 3. The number of halogens is 3. The third kappa shape index (κ3) is 7.15. The molecule has 2 aliphatic rings. The summed E-state index contributed by atoms with van der Waals surface area (Å²) in [6, 6.07) is 9.33. The first kappa shape index (κ1) is 22.9. The zero-order chi connectivity index (χ0) is 22.4. The molecule has 8 heteroatoms. The molecule has 1 atom stereocenters. The Kier molecular flexibility index (Phi) is 7.41. The highest BCUT2D eigenvalue weighted by Crippen LogP contribution is 2.32. The lowest BCUT2D eigenvalue weighted by Crippen LogP contribution is -2.49. The molecule has 168 valence electrons. The number of rotatable bonds is 7. The molecule has 1 unspecified atom stereocenters. The molecule has 1 N–H and O–H groups in total. The molecule has 0 amide bonds. The van der Waals surface area contributed by atoms with Gasteiger partial charge in [-0.2, -0.15) is 13.2 Å². The summed E-state index contributed by atoms with van der Waals surface area (Å²) in [5, 5.41) is 9.01. The van der Waals surface area contributed by atoms with Crippen LogP contribution in [-0.2, 0) is 17.4 Å². The fraction of sp³-hybridized carbons (Fsp3) is 0.478.